The lowest BCUT2D eigenvalue weighted by Gasteiger charge is -2.25. The van der Waals surface area contributed by atoms with E-state index in [0.29, 0.717) is 0 Å². The number of hydrogen-bond acceptors (Lipinski definition) is 4. The molecule has 0 spiro atoms. The molecule has 0 aliphatic carbocycles. The summed E-state index contributed by atoms with van der Waals surface area (Å²) in [6.07, 6.45) is 0. The second-order valence-corrected chi connectivity index (χ2v) is 5.65. The molecule has 2 aromatic rings. The Morgan fingerprint density at radius 1 is 1.32 bits per heavy atom. The van der Waals surface area contributed by atoms with Gasteiger partial charge in [-0.15, -0.1) is 11.3 Å². The SMILES string of the molecule is COc1cccc(N(C)Cc2cccs2)c1C(C)N. The zero-order valence-electron chi connectivity index (χ0n) is 11.6. The van der Waals surface area contributed by atoms with Crippen molar-refractivity contribution in [1.82, 2.24) is 0 Å². The number of nitrogens with zero attached hydrogens (tertiary/aromatic N) is 1. The molecule has 0 aliphatic heterocycles. The quantitative estimate of drug-likeness (QED) is 0.909. The summed E-state index contributed by atoms with van der Waals surface area (Å²) in [5.41, 5.74) is 8.28. The second kappa shape index (κ2) is 6.08. The van der Waals surface area contributed by atoms with E-state index in [2.05, 4.69) is 35.5 Å². The van der Waals surface area contributed by atoms with Crippen LogP contribution >= 0.6 is 11.3 Å². The van der Waals surface area contributed by atoms with Gasteiger partial charge in [-0.05, 0) is 30.5 Å². The minimum atomic E-state index is -0.0584. The highest BCUT2D eigenvalue weighted by atomic mass is 32.1. The summed E-state index contributed by atoms with van der Waals surface area (Å²) in [5, 5.41) is 2.10. The summed E-state index contributed by atoms with van der Waals surface area (Å²) >= 11 is 1.77. The highest BCUT2D eigenvalue weighted by Gasteiger charge is 2.16. The lowest BCUT2D eigenvalue weighted by Crippen LogP contribution is -2.20. The standard InChI is InChI=1S/C15H20N2OS/c1-11(16)15-13(7-4-8-14(15)18-3)17(2)10-12-6-5-9-19-12/h4-9,11H,10,16H2,1-3H3. The molecule has 0 fully saturated rings. The molecule has 0 amide bonds. The van der Waals surface area contributed by atoms with E-state index in [1.807, 2.05) is 19.1 Å². The molecule has 1 atom stereocenters. The molecule has 0 aliphatic rings. The Bertz CT molecular complexity index is 523. The monoisotopic (exact) mass is 276 g/mol. The van der Waals surface area contributed by atoms with Gasteiger partial charge in [0.25, 0.3) is 0 Å². The van der Waals surface area contributed by atoms with E-state index in [1.165, 1.54) is 4.88 Å². The van der Waals surface area contributed by atoms with Gasteiger partial charge in [0.05, 0.1) is 13.7 Å². The average molecular weight is 276 g/mol. The van der Waals surface area contributed by atoms with Gasteiger partial charge in [0.2, 0.25) is 0 Å². The van der Waals surface area contributed by atoms with E-state index in [-0.39, 0.29) is 6.04 Å². The topological polar surface area (TPSA) is 38.5 Å². The third-order valence-electron chi connectivity index (χ3n) is 3.10. The molecule has 1 heterocycles. The van der Waals surface area contributed by atoms with Gasteiger partial charge in [-0.2, -0.15) is 0 Å². The van der Waals surface area contributed by atoms with Gasteiger partial charge in [-0.25, -0.2) is 0 Å². The van der Waals surface area contributed by atoms with Crippen LogP contribution < -0.4 is 15.4 Å². The predicted octanol–water partition coefficient (Wildman–Crippen LogP) is 3.41. The van der Waals surface area contributed by atoms with Crippen LogP contribution in [-0.2, 0) is 6.54 Å². The second-order valence-electron chi connectivity index (χ2n) is 4.62. The van der Waals surface area contributed by atoms with Crippen LogP contribution in [-0.4, -0.2) is 14.2 Å². The molecule has 102 valence electrons. The fourth-order valence-corrected chi connectivity index (χ4v) is 2.98. The molecule has 19 heavy (non-hydrogen) atoms. The third-order valence-corrected chi connectivity index (χ3v) is 3.96. The number of anilines is 1. The van der Waals surface area contributed by atoms with Crippen LogP contribution in [0.3, 0.4) is 0 Å². The first kappa shape index (κ1) is 13.9. The van der Waals surface area contributed by atoms with Crippen molar-refractivity contribution in [1.29, 1.82) is 0 Å². The van der Waals surface area contributed by atoms with Crippen LogP contribution in [0.1, 0.15) is 23.4 Å². The van der Waals surface area contributed by atoms with Crippen molar-refractivity contribution < 1.29 is 4.74 Å². The number of ether oxygens (including phenoxy) is 1. The molecule has 0 radical (unpaired) electrons. The number of hydrogen-bond donors (Lipinski definition) is 1. The van der Waals surface area contributed by atoms with Crippen molar-refractivity contribution in [2.45, 2.75) is 19.5 Å². The molecule has 4 heteroatoms. The summed E-state index contributed by atoms with van der Waals surface area (Å²) in [4.78, 5) is 3.55. The normalized spacial score (nSPS) is 12.2. The third kappa shape index (κ3) is 3.08. The summed E-state index contributed by atoms with van der Waals surface area (Å²) in [7, 11) is 3.77. The van der Waals surface area contributed by atoms with Crippen molar-refractivity contribution in [3.05, 3.63) is 46.2 Å². The summed E-state index contributed by atoms with van der Waals surface area (Å²) in [5.74, 6) is 0.852. The summed E-state index contributed by atoms with van der Waals surface area (Å²) in [6.45, 7) is 2.87. The Hall–Kier alpha value is -1.52. The maximum absolute atomic E-state index is 6.10. The molecule has 0 saturated carbocycles. The van der Waals surface area contributed by atoms with Crippen LogP contribution in [0.5, 0.6) is 5.75 Å². The highest BCUT2D eigenvalue weighted by Crippen LogP contribution is 2.33. The minimum Gasteiger partial charge on any atom is -0.496 e. The Morgan fingerprint density at radius 2 is 2.11 bits per heavy atom. The predicted molar refractivity (Wildman–Crippen MR) is 82.0 cm³/mol. The molecule has 3 nitrogen and oxygen atoms in total. The molecule has 2 N–H and O–H groups in total. The Balaban J connectivity index is 2.32. The molecule has 0 saturated heterocycles. The van der Waals surface area contributed by atoms with E-state index in [0.717, 1.165) is 23.5 Å². The Labute approximate surface area is 118 Å². The number of methoxy groups -OCH3 is 1. The zero-order chi connectivity index (χ0) is 13.8. The van der Waals surface area contributed by atoms with E-state index < -0.39 is 0 Å². The van der Waals surface area contributed by atoms with Crippen molar-refractivity contribution >= 4 is 17.0 Å². The van der Waals surface area contributed by atoms with Crippen LogP contribution in [0.15, 0.2) is 35.7 Å². The number of benzene rings is 1. The van der Waals surface area contributed by atoms with Crippen LogP contribution in [0.4, 0.5) is 5.69 Å². The first-order valence-electron chi connectivity index (χ1n) is 6.29. The van der Waals surface area contributed by atoms with Crippen molar-refractivity contribution in [3.63, 3.8) is 0 Å². The van der Waals surface area contributed by atoms with E-state index >= 15 is 0 Å². The van der Waals surface area contributed by atoms with Crippen molar-refractivity contribution in [3.8, 4) is 5.75 Å². The molecule has 1 aromatic heterocycles. The smallest absolute Gasteiger partial charge is 0.125 e. The van der Waals surface area contributed by atoms with E-state index in [9.17, 15) is 0 Å². The average Bonchev–Trinajstić information content (AvgIpc) is 2.90. The van der Waals surface area contributed by atoms with Gasteiger partial charge >= 0.3 is 0 Å². The van der Waals surface area contributed by atoms with Gasteiger partial charge in [0.1, 0.15) is 5.75 Å². The Morgan fingerprint density at radius 3 is 2.68 bits per heavy atom. The van der Waals surface area contributed by atoms with Gasteiger partial charge in [-0.3, -0.25) is 0 Å². The van der Waals surface area contributed by atoms with E-state index in [4.69, 9.17) is 10.5 Å². The summed E-state index contributed by atoms with van der Waals surface area (Å²) < 4.78 is 5.43. The molecular formula is C15H20N2OS. The van der Waals surface area contributed by atoms with Crippen molar-refractivity contribution in [2.24, 2.45) is 5.73 Å². The first-order chi connectivity index (χ1) is 9.13. The van der Waals surface area contributed by atoms with Crippen molar-refractivity contribution in [2.75, 3.05) is 19.1 Å². The van der Waals surface area contributed by atoms with Gasteiger partial charge in [0, 0.05) is 29.2 Å². The molecule has 1 aromatic carbocycles. The lowest BCUT2D eigenvalue weighted by atomic mass is 10.0. The van der Waals surface area contributed by atoms with Crippen LogP contribution in [0, 0.1) is 0 Å². The highest BCUT2D eigenvalue weighted by molar-refractivity contribution is 7.09. The summed E-state index contributed by atoms with van der Waals surface area (Å²) in [6, 6.07) is 10.2. The first-order valence-corrected chi connectivity index (χ1v) is 7.17. The van der Waals surface area contributed by atoms with E-state index in [1.54, 1.807) is 18.4 Å². The van der Waals surface area contributed by atoms with Gasteiger partial charge in [-0.1, -0.05) is 12.1 Å². The number of thiophene rings is 1. The molecule has 2 rings (SSSR count). The Kier molecular flexibility index (Phi) is 4.45. The minimum absolute atomic E-state index is 0.0584. The fraction of sp³-hybridized carbons (Fsp3) is 0.333. The molecule has 0 bridgehead atoms. The fourth-order valence-electron chi connectivity index (χ4n) is 2.22. The maximum atomic E-state index is 6.10. The zero-order valence-corrected chi connectivity index (χ0v) is 12.4. The van der Waals surface area contributed by atoms with Gasteiger partial charge in [0.15, 0.2) is 0 Å². The maximum Gasteiger partial charge on any atom is 0.125 e. The lowest BCUT2D eigenvalue weighted by molar-refractivity contribution is 0.407. The van der Waals surface area contributed by atoms with Crippen LogP contribution in [0.2, 0.25) is 0 Å². The number of nitrogens with two attached hydrogens (primary N) is 1. The largest absolute Gasteiger partial charge is 0.496 e. The molecular weight excluding hydrogens is 256 g/mol. The van der Waals surface area contributed by atoms with Gasteiger partial charge < -0.3 is 15.4 Å². The number of rotatable bonds is 5. The molecule has 1 unspecified atom stereocenters. The van der Waals surface area contributed by atoms with Crippen LogP contribution in [0.25, 0.3) is 0 Å².